The predicted molar refractivity (Wildman–Crippen MR) is 113 cm³/mol. The number of amides is 1. The van der Waals surface area contributed by atoms with Crippen LogP contribution in [0.2, 0.25) is 0 Å². The van der Waals surface area contributed by atoms with Gasteiger partial charge >= 0.3 is 11.9 Å². The van der Waals surface area contributed by atoms with Gasteiger partial charge in [-0.2, -0.15) is 0 Å². The molecule has 28 heavy (non-hydrogen) atoms. The summed E-state index contributed by atoms with van der Waals surface area (Å²) in [4.78, 5) is 32.9. The Labute approximate surface area is 169 Å². The van der Waals surface area contributed by atoms with E-state index in [1.807, 2.05) is 0 Å². The summed E-state index contributed by atoms with van der Waals surface area (Å²) in [6.45, 7) is 18.2. The Bertz CT molecular complexity index is 505. The minimum atomic E-state index is -0.935. The quantitative estimate of drug-likeness (QED) is 0.543. The first-order valence-electron chi connectivity index (χ1n) is 9.72. The third-order valence-corrected chi connectivity index (χ3v) is 4.46. The Morgan fingerprint density at radius 3 is 1.93 bits per heavy atom. The van der Waals surface area contributed by atoms with Gasteiger partial charge < -0.3 is 15.1 Å². The highest BCUT2D eigenvalue weighted by Crippen LogP contribution is 2.28. The SMILES string of the molecule is C=C(C)C(=O)O.C=C(C)C(=O)O.C=CN1CCC(CC(CC)CCCC)C1=O. The molecule has 1 heterocycles. The summed E-state index contributed by atoms with van der Waals surface area (Å²) in [5, 5.41) is 15.8. The van der Waals surface area contributed by atoms with Crippen LogP contribution >= 0.6 is 0 Å². The molecular formula is C22H37NO5. The summed E-state index contributed by atoms with van der Waals surface area (Å²) in [6, 6.07) is 0. The van der Waals surface area contributed by atoms with Crippen LogP contribution in [0.25, 0.3) is 0 Å². The van der Waals surface area contributed by atoms with Gasteiger partial charge in [-0.15, -0.1) is 0 Å². The van der Waals surface area contributed by atoms with Gasteiger partial charge in [0.25, 0.3) is 0 Å². The first-order valence-corrected chi connectivity index (χ1v) is 9.72. The van der Waals surface area contributed by atoms with Gasteiger partial charge in [0.1, 0.15) is 0 Å². The standard InChI is InChI=1S/C14H25NO.2C4H6O2/c1-4-7-8-12(5-2)11-13-9-10-15(6-3)14(13)16;2*1-3(2)4(5)6/h6,12-13H,3-5,7-11H2,1-2H3;2*1H2,2H3,(H,5,6). The van der Waals surface area contributed by atoms with Crippen LogP contribution in [0.4, 0.5) is 0 Å². The molecule has 0 aromatic heterocycles. The number of nitrogens with zero attached hydrogens (tertiary/aromatic N) is 1. The van der Waals surface area contributed by atoms with Crippen molar-refractivity contribution in [2.75, 3.05) is 6.54 Å². The molecular weight excluding hydrogens is 358 g/mol. The second-order valence-corrected chi connectivity index (χ2v) is 7.02. The minimum absolute atomic E-state index is 0.176. The maximum atomic E-state index is 11.9. The fourth-order valence-electron chi connectivity index (χ4n) is 2.55. The second-order valence-electron chi connectivity index (χ2n) is 7.02. The maximum absolute atomic E-state index is 11.9. The largest absolute Gasteiger partial charge is 0.478 e. The van der Waals surface area contributed by atoms with Crippen LogP contribution < -0.4 is 0 Å². The average molecular weight is 396 g/mol. The van der Waals surface area contributed by atoms with Crippen molar-refractivity contribution < 1.29 is 24.6 Å². The zero-order valence-electron chi connectivity index (χ0n) is 17.9. The zero-order chi connectivity index (χ0) is 22.3. The number of hydrogen-bond acceptors (Lipinski definition) is 3. The van der Waals surface area contributed by atoms with Crippen molar-refractivity contribution in [3.05, 3.63) is 37.1 Å². The summed E-state index contributed by atoms with van der Waals surface area (Å²) >= 11 is 0. The van der Waals surface area contributed by atoms with Crippen molar-refractivity contribution in [1.82, 2.24) is 4.90 Å². The molecule has 1 fully saturated rings. The lowest BCUT2D eigenvalue weighted by atomic mass is 9.88. The van der Waals surface area contributed by atoms with Crippen molar-refractivity contribution in [3.8, 4) is 0 Å². The van der Waals surface area contributed by atoms with Crippen LogP contribution in [0.5, 0.6) is 0 Å². The van der Waals surface area contributed by atoms with Gasteiger partial charge in [-0.3, -0.25) is 4.79 Å². The highest BCUT2D eigenvalue weighted by molar-refractivity contribution is 5.85. The molecule has 2 atom stereocenters. The number of hydrogen-bond donors (Lipinski definition) is 2. The summed E-state index contributed by atoms with van der Waals surface area (Å²) in [7, 11) is 0. The number of carbonyl (C=O) groups is 3. The Morgan fingerprint density at radius 1 is 1.18 bits per heavy atom. The fourth-order valence-corrected chi connectivity index (χ4v) is 2.55. The van der Waals surface area contributed by atoms with Crippen LogP contribution in [0.1, 0.15) is 66.2 Å². The van der Waals surface area contributed by atoms with Crippen LogP contribution in [0.15, 0.2) is 37.1 Å². The van der Waals surface area contributed by atoms with Gasteiger partial charge in [-0.1, -0.05) is 59.3 Å². The Morgan fingerprint density at radius 2 is 1.64 bits per heavy atom. The number of likely N-dealkylation sites (tertiary alicyclic amines) is 1. The smallest absolute Gasteiger partial charge is 0.330 e. The fraction of sp³-hybridized carbons (Fsp3) is 0.591. The number of carboxylic acid groups (broad SMARTS) is 2. The summed E-state index contributed by atoms with van der Waals surface area (Å²) in [5.41, 5.74) is 0.352. The molecule has 1 aliphatic rings. The van der Waals surface area contributed by atoms with Crippen molar-refractivity contribution >= 4 is 17.8 Å². The van der Waals surface area contributed by atoms with Crippen molar-refractivity contribution in [2.24, 2.45) is 11.8 Å². The van der Waals surface area contributed by atoms with E-state index in [1.165, 1.54) is 39.5 Å². The molecule has 1 rings (SSSR count). The van der Waals surface area contributed by atoms with E-state index in [4.69, 9.17) is 10.2 Å². The predicted octanol–water partition coefficient (Wildman–Crippen LogP) is 4.88. The molecule has 6 nitrogen and oxygen atoms in total. The van der Waals surface area contributed by atoms with Gasteiger partial charge in [-0.25, -0.2) is 9.59 Å². The molecule has 0 aliphatic carbocycles. The van der Waals surface area contributed by atoms with E-state index in [2.05, 4.69) is 33.6 Å². The monoisotopic (exact) mass is 395 g/mol. The Balaban J connectivity index is 0. The Kier molecular flexibility index (Phi) is 15.6. The number of carbonyl (C=O) groups excluding carboxylic acids is 1. The van der Waals surface area contributed by atoms with Gasteiger partial charge in [0.15, 0.2) is 0 Å². The first-order chi connectivity index (χ1) is 13.0. The van der Waals surface area contributed by atoms with E-state index in [0.717, 1.165) is 25.3 Å². The third kappa shape index (κ3) is 12.9. The molecule has 1 saturated heterocycles. The van der Waals surface area contributed by atoms with E-state index >= 15 is 0 Å². The first kappa shape index (κ1) is 27.8. The minimum Gasteiger partial charge on any atom is -0.478 e. The molecule has 0 radical (unpaired) electrons. The molecule has 1 amide bonds. The summed E-state index contributed by atoms with van der Waals surface area (Å²) in [5.74, 6) is -0.576. The van der Waals surface area contributed by atoms with Crippen molar-refractivity contribution in [2.45, 2.75) is 66.2 Å². The molecule has 0 bridgehead atoms. The summed E-state index contributed by atoms with van der Waals surface area (Å²) in [6.07, 6.45) is 8.82. The molecule has 0 saturated carbocycles. The number of carboxylic acids is 2. The second kappa shape index (κ2) is 15.7. The van der Waals surface area contributed by atoms with Gasteiger partial charge in [0, 0.05) is 23.6 Å². The Hall–Kier alpha value is -2.37. The van der Waals surface area contributed by atoms with Gasteiger partial charge in [-0.05, 0) is 38.8 Å². The highest BCUT2D eigenvalue weighted by atomic mass is 16.4. The van der Waals surface area contributed by atoms with Crippen LogP contribution in [0, 0.1) is 11.8 Å². The lowest BCUT2D eigenvalue weighted by Gasteiger charge is -2.18. The summed E-state index contributed by atoms with van der Waals surface area (Å²) < 4.78 is 0. The molecule has 0 aromatic carbocycles. The van der Waals surface area contributed by atoms with E-state index in [-0.39, 0.29) is 17.1 Å². The van der Waals surface area contributed by atoms with Gasteiger partial charge in [0.2, 0.25) is 5.91 Å². The lowest BCUT2D eigenvalue weighted by molar-refractivity contribution is -0.133. The topological polar surface area (TPSA) is 94.9 Å². The van der Waals surface area contributed by atoms with Crippen LogP contribution in [-0.2, 0) is 14.4 Å². The molecule has 0 spiro atoms. The molecule has 2 N–H and O–H groups in total. The van der Waals surface area contributed by atoms with Crippen molar-refractivity contribution in [3.63, 3.8) is 0 Å². The third-order valence-electron chi connectivity index (χ3n) is 4.46. The zero-order valence-corrected chi connectivity index (χ0v) is 17.9. The highest BCUT2D eigenvalue weighted by Gasteiger charge is 2.31. The van der Waals surface area contributed by atoms with Crippen LogP contribution in [-0.4, -0.2) is 39.5 Å². The number of unbranched alkanes of at least 4 members (excludes halogenated alkanes) is 1. The van der Waals surface area contributed by atoms with Gasteiger partial charge in [0.05, 0.1) is 0 Å². The van der Waals surface area contributed by atoms with E-state index in [9.17, 15) is 14.4 Å². The van der Waals surface area contributed by atoms with Crippen molar-refractivity contribution in [1.29, 1.82) is 0 Å². The molecule has 2 unspecified atom stereocenters. The number of rotatable bonds is 9. The normalized spacial score (nSPS) is 16.1. The average Bonchev–Trinajstić information content (AvgIpc) is 2.99. The lowest BCUT2D eigenvalue weighted by Crippen LogP contribution is -2.22. The van der Waals surface area contributed by atoms with Crippen LogP contribution in [0.3, 0.4) is 0 Å². The molecule has 160 valence electrons. The molecule has 1 aliphatic heterocycles. The maximum Gasteiger partial charge on any atom is 0.330 e. The van der Waals surface area contributed by atoms with E-state index in [1.54, 1.807) is 11.1 Å². The van der Waals surface area contributed by atoms with E-state index in [0.29, 0.717) is 5.91 Å². The van der Waals surface area contributed by atoms with E-state index < -0.39 is 11.9 Å². The molecule has 0 aromatic rings. The molecule has 6 heteroatoms. The number of aliphatic carboxylic acids is 2.